The Balaban J connectivity index is 1.63. The minimum absolute atomic E-state index is 0.0829. The molecule has 2 aromatic rings. The Morgan fingerprint density at radius 3 is 2.53 bits per heavy atom. The van der Waals surface area contributed by atoms with Crippen molar-refractivity contribution in [1.82, 2.24) is 9.88 Å². The van der Waals surface area contributed by atoms with Crippen LogP contribution in [0.2, 0.25) is 0 Å². The van der Waals surface area contributed by atoms with Gasteiger partial charge in [-0.15, -0.1) is 11.3 Å². The number of likely N-dealkylation sites (tertiary alicyclic amines) is 1. The fourth-order valence-corrected chi connectivity index (χ4v) is 5.58. The number of fused-ring (bicyclic) bond motifs is 1. The maximum absolute atomic E-state index is 13.7. The van der Waals surface area contributed by atoms with Gasteiger partial charge in [-0.25, -0.2) is 22.2 Å². The third-order valence-corrected chi connectivity index (χ3v) is 8.31. The molecule has 3 atom stereocenters. The lowest BCUT2D eigenvalue weighted by atomic mass is 10.0. The number of nitrogens with zero attached hydrogens (tertiary/aromatic N) is 2. The van der Waals surface area contributed by atoms with E-state index in [1.54, 1.807) is 0 Å². The number of aromatic nitrogens is 1. The summed E-state index contributed by atoms with van der Waals surface area (Å²) in [5.41, 5.74) is -0.634. The fourth-order valence-electron chi connectivity index (χ4n) is 4.14. The number of alkyl halides is 5. The molecule has 0 N–H and O–H groups in total. The maximum Gasteiger partial charge on any atom is 0.443 e. The molecule has 0 radical (unpaired) electrons. The van der Waals surface area contributed by atoms with Crippen LogP contribution in [0.4, 0.5) is 22.0 Å². The summed E-state index contributed by atoms with van der Waals surface area (Å²) in [4.78, 5) is 18.3. The second kappa shape index (κ2) is 7.87. The van der Waals surface area contributed by atoms with Gasteiger partial charge in [0.2, 0.25) is 0 Å². The van der Waals surface area contributed by atoms with E-state index in [1.165, 1.54) is 16.3 Å². The van der Waals surface area contributed by atoms with Gasteiger partial charge in [0.05, 0.1) is 16.2 Å². The highest BCUT2D eigenvalue weighted by molar-refractivity contribution is 7.90. The van der Waals surface area contributed by atoms with Crippen LogP contribution in [0.1, 0.15) is 41.3 Å². The number of thiazole rings is 1. The number of amides is 1. The third kappa shape index (κ3) is 4.51. The summed E-state index contributed by atoms with van der Waals surface area (Å²) in [6, 6.07) is 3.40. The minimum Gasteiger partial charge on any atom is -0.484 e. The summed E-state index contributed by atoms with van der Waals surface area (Å²) in [7, 11) is -3.71. The van der Waals surface area contributed by atoms with Crippen molar-refractivity contribution in [3.63, 3.8) is 0 Å². The van der Waals surface area contributed by atoms with Crippen molar-refractivity contribution in [2.45, 2.75) is 48.8 Å². The van der Waals surface area contributed by atoms with Gasteiger partial charge in [-0.05, 0) is 37.5 Å². The molecule has 1 aliphatic heterocycles. The van der Waals surface area contributed by atoms with Gasteiger partial charge in [0.1, 0.15) is 5.75 Å². The van der Waals surface area contributed by atoms with E-state index in [1.807, 2.05) is 0 Å². The number of hydrogen-bond acceptors (Lipinski definition) is 6. The van der Waals surface area contributed by atoms with E-state index in [9.17, 15) is 35.2 Å². The number of ether oxygens (including phenoxy) is 1. The SMILES string of the molecule is C[C@@H](Oc1ccc(S(C)(=O)=O)cc1C(=O)N1CC2CC2(c2csc(C(F)(F)F)n2)C1)C(C)(F)F. The molecule has 1 amide bonds. The van der Waals surface area contributed by atoms with E-state index in [4.69, 9.17) is 4.74 Å². The molecule has 2 fully saturated rings. The first-order valence-corrected chi connectivity index (χ1v) is 13.0. The zero-order valence-electron chi connectivity index (χ0n) is 18.3. The van der Waals surface area contributed by atoms with E-state index in [0.717, 1.165) is 25.3 Å². The molecule has 2 unspecified atom stereocenters. The average molecular weight is 525 g/mol. The molecule has 4 rings (SSSR count). The lowest BCUT2D eigenvalue weighted by molar-refractivity contribution is -0.137. The van der Waals surface area contributed by atoms with Gasteiger partial charge in [0, 0.05) is 37.1 Å². The molecule has 34 heavy (non-hydrogen) atoms. The van der Waals surface area contributed by atoms with E-state index in [0.29, 0.717) is 24.7 Å². The lowest BCUT2D eigenvalue weighted by Crippen LogP contribution is -2.35. The lowest BCUT2D eigenvalue weighted by Gasteiger charge is -2.25. The zero-order valence-corrected chi connectivity index (χ0v) is 20.0. The number of hydrogen-bond donors (Lipinski definition) is 0. The van der Waals surface area contributed by atoms with Gasteiger partial charge in [0.25, 0.3) is 11.8 Å². The summed E-state index contributed by atoms with van der Waals surface area (Å²) in [6.45, 7) is 2.09. The molecule has 13 heteroatoms. The second-order valence-corrected chi connectivity index (χ2v) is 11.8. The number of halogens is 5. The topological polar surface area (TPSA) is 76.6 Å². The second-order valence-electron chi connectivity index (χ2n) is 8.93. The van der Waals surface area contributed by atoms with Crippen molar-refractivity contribution in [3.8, 4) is 5.75 Å². The van der Waals surface area contributed by atoms with Crippen LogP contribution in [0, 0.1) is 5.92 Å². The van der Waals surface area contributed by atoms with Crippen LogP contribution in [-0.4, -0.2) is 55.6 Å². The molecular formula is C21H21F5N2O4S2. The van der Waals surface area contributed by atoms with Crippen LogP contribution in [0.25, 0.3) is 0 Å². The molecule has 2 aliphatic rings. The summed E-state index contributed by atoms with van der Waals surface area (Å²) in [5.74, 6) is -4.17. The number of sulfone groups is 1. The van der Waals surface area contributed by atoms with Crippen LogP contribution in [0.5, 0.6) is 5.75 Å². The van der Waals surface area contributed by atoms with E-state index >= 15 is 0 Å². The van der Waals surface area contributed by atoms with Gasteiger partial charge < -0.3 is 9.64 Å². The molecule has 1 aliphatic carbocycles. The molecule has 1 aromatic carbocycles. The molecule has 1 saturated carbocycles. The zero-order chi connectivity index (χ0) is 25.3. The first-order valence-electron chi connectivity index (χ1n) is 10.2. The monoisotopic (exact) mass is 524 g/mol. The van der Waals surface area contributed by atoms with Crippen molar-refractivity contribution < 1.29 is 39.9 Å². The maximum atomic E-state index is 13.7. The van der Waals surface area contributed by atoms with Gasteiger partial charge >= 0.3 is 6.18 Å². The van der Waals surface area contributed by atoms with Crippen molar-refractivity contribution in [2.24, 2.45) is 5.92 Å². The number of carbonyl (C=O) groups excluding carboxylic acids is 1. The van der Waals surface area contributed by atoms with Crippen LogP contribution < -0.4 is 4.74 Å². The van der Waals surface area contributed by atoms with E-state index in [-0.39, 0.29) is 40.9 Å². The standard InChI is InChI=1S/C21H21F5N2O4S2/c1-11(19(2,22)23)32-15-5-4-13(34(3,30)31)6-14(15)17(29)28-8-12-7-20(12,10-28)16-9-33-18(27-16)21(24,25)26/h4-6,9,11-12H,7-8,10H2,1-3H3/t11-,12?,20?/m1/s1. The van der Waals surface area contributed by atoms with Crippen LogP contribution in [0.3, 0.4) is 0 Å². The van der Waals surface area contributed by atoms with Gasteiger partial charge in [0.15, 0.2) is 20.9 Å². The van der Waals surface area contributed by atoms with Crippen molar-refractivity contribution >= 4 is 27.1 Å². The number of rotatable bonds is 6. The first-order chi connectivity index (χ1) is 15.5. The van der Waals surface area contributed by atoms with Crippen molar-refractivity contribution in [3.05, 3.63) is 39.8 Å². The Kier molecular flexibility index (Phi) is 5.75. The van der Waals surface area contributed by atoms with Gasteiger partial charge in [-0.1, -0.05) is 0 Å². The summed E-state index contributed by atoms with van der Waals surface area (Å²) < 4.78 is 95.7. The van der Waals surface area contributed by atoms with Crippen LogP contribution in [-0.2, 0) is 21.4 Å². The highest BCUT2D eigenvalue weighted by Gasteiger charge is 2.63. The molecule has 186 valence electrons. The normalized spacial score (nSPS) is 23.5. The molecule has 1 saturated heterocycles. The Bertz CT molecular complexity index is 1240. The van der Waals surface area contributed by atoms with Crippen molar-refractivity contribution in [1.29, 1.82) is 0 Å². The summed E-state index contributed by atoms with van der Waals surface area (Å²) >= 11 is 0.493. The first kappa shape index (κ1) is 24.8. The molecule has 1 aromatic heterocycles. The van der Waals surface area contributed by atoms with Crippen molar-refractivity contribution in [2.75, 3.05) is 19.3 Å². The van der Waals surface area contributed by atoms with E-state index in [2.05, 4.69) is 4.98 Å². The molecule has 0 bridgehead atoms. The Hall–Kier alpha value is -2.28. The summed E-state index contributed by atoms with van der Waals surface area (Å²) in [5, 5.41) is 0.388. The fraction of sp³-hybridized carbons (Fsp3) is 0.524. The Morgan fingerprint density at radius 2 is 1.97 bits per heavy atom. The summed E-state index contributed by atoms with van der Waals surface area (Å²) in [6.07, 6.45) is -4.64. The molecule has 6 nitrogen and oxygen atoms in total. The quantitative estimate of drug-likeness (QED) is 0.524. The number of benzene rings is 1. The van der Waals surface area contributed by atoms with Crippen LogP contribution in [0.15, 0.2) is 28.5 Å². The van der Waals surface area contributed by atoms with Crippen LogP contribution >= 0.6 is 11.3 Å². The predicted octanol–water partition coefficient (Wildman–Crippen LogP) is 4.40. The van der Waals surface area contributed by atoms with Gasteiger partial charge in [-0.3, -0.25) is 4.79 Å². The average Bonchev–Trinajstić information content (AvgIpc) is 3.07. The molecule has 2 heterocycles. The third-order valence-electron chi connectivity index (χ3n) is 6.32. The molecular weight excluding hydrogens is 503 g/mol. The highest BCUT2D eigenvalue weighted by Crippen LogP contribution is 2.59. The minimum atomic E-state index is -4.56. The van der Waals surface area contributed by atoms with Gasteiger partial charge in [-0.2, -0.15) is 13.2 Å². The number of carbonyl (C=O) groups is 1. The molecule has 0 spiro atoms. The number of piperidine rings is 1. The Labute approximate surface area is 196 Å². The smallest absolute Gasteiger partial charge is 0.443 e. The largest absolute Gasteiger partial charge is 0.484 e. The Morgan fingerprint density at radius 1 is 1.29 bits per heavy atom. The van der Waals surface area contributed by atoms with E-state index < -0.39 is 44.4 Å². The predicted molar refractivity (Wildman–Crippen MR) is 113 cm³/mol. The highest BCUT2D eigenvalue weighted by atomic mass is 32.2.